The predicted octanol–water partition coefficient (Wildman–Crippen LogP) is 4.17. The quantitative estimate of drug-likeness (QED) is 0.0918. The molecule has 9 nitrogen and oxygen atoms in total. The molecule has 1 aromatic carbocycles. The van der Waals surface area contributed by atoms with Crippen molar-refractivity contribution in [2.24, 2.45) is 17.8 Å². The average Bonchev–Trinajstić information content (AvgIpc) is 3.12. The molecule has 1 fully saturated rings. The Morgan fingerprint density at radius 2 is 1.62 bits per heavy atom. The van der Waals surface area contributed by atoms with Gasteiger partial charge in [0.1, 0.15) is 12.8 Å². The van der Waals surface area contributed by atoms with Gasteiger partial charge in [-0.25, -0.2) is 13.2 Å². The molecule has 0 aliphatic heterocycles. The number of aliphatic hydroxyl groups excluding tert-OH is 2. The van der Waals surface area contributed by atoms with Crippen molar-refractivity contribution in [3.63, 3.8) is 0 Å². The molecule has 0 bridgehead atoms. The highest BCUT2D eigenvalue weighted by Crippen LogP contribution is 2.29. The molecule has 4 N–H and O–H groups in total. The Hall–Kier alpha value is -3.58. The predicted molar refractivity (Wildman–Crippen MR) is 189 cm³/mol. The number of aliphatic hydroxyl groups is 2. The van der Waals surface area contributed by atoms with E-state index in [1.807, 2.05) is 30.3 Å². The zero-order chi connectivity index (χ0) is 37.5. The van der Waals surface area contributed by atoms with Crippen molar-refractivity contribution in [3.8, 4) is 24.7 Å². The highest BCUT2D eigenvalue weighted by molar-refractivity contribution is 5.91. The number of likely N-dealkylation sites (N-methyl/N-ethyl adjacent to an activating group) is 2. The average molecular weight is 707 g/mol. The van der Waals surface area contributed by atoms with Crippen molar-refractivity contribution in [1.29, 1.82) is 0 Å². The van der Waals surface area contributed by atoms with Gasteiger partial charge in [-0.05, 0) is 51.1 Å². The molecule has 2 rings (SSSR count). The summed E-state index contributed by atoms with van der Waals surface area (Å²) in [6, 6.07) is 7.39. The van der Waals surface area contributed by atoms with E-state index in [0.717, 1.165) is 37.7 Å². The van der Waals surface area contributed by atoms with Gasteiger partial charge >= 0.3 is 0 Å². The third-order valence-electron chi connectivity index (χ3n) is 9.17. The summed E-state index contributed by atoms with van der Waals surface area (Å²) in [6.45, 7) is -0.112. The molecule has 0 saturated heterocycles. The van der Waals surface area contributed by atoms with Gasteiger partial charge in [-0.3, -0.25) is 19.3 Å². The van der Waals surface area contributed by atoms with Gasteiger partial charge in [0.05, 0.1) is 24.2 Å². The SMILES string of the molecule is C#CCCCC(O)C(O)C(CC1CCCCC1)NC(=O)[C@@H](NC(=O)C(CC(=O)N(C)CCN(C)CF)Cc1ccccc1)C(C)C#C.FCF. The number of nitrogens with zero attached hydrogens (tertiary/aromatic N) is 2. The highest BCUT2D eigenvalue weighted by Gasteiger charge is 2.35. The lowest BCUT2D eigenvalue weighted by atomic mass is 9.82. The van der Waals surface area contributed by atoms with Crippen LogP contribution in [0.5, 0.6) is 0 Å². The molecule has 50 heavy (non-hydrogen) atoms. The molecule has 1 aliphatic carbocycles. The van der Waals surface area contributed by atoms with Gasteiger partial charge < -0.3 is 25.7 Å². The normalized spacial score (nSPS) is 16.6. The fourth-order valence-corrected chi connectivity index (χ4v) is 6.00. The Kier molecular flexibility index (Phi) is 22.6. The van der Waals surface area contributed by atoms with Crippen LogP contribution < -0.4 is 10.6 Å². The molecule has 0 spiro atoms. The van der Waals surface area contributed by atoms with Gasteiger partial charge in [0.2, 0.25) is 24.6 Å². The van der Waals surface area contributed by atoms with Crippen molar-refractivity contribution in [2.75, 3.05) is 40.9 Å². The summed E-state index contributed by atoms with van der Waals surface area (Å²) in [4.78, 5) is 43.8. The number of benzene rings is 1. The third kappa shape index (κ3) is 16.9. The van der Waals surface area contributed by atoms with Crippen LogP contribution in [0.4, 0.5) is 13.2 Å². The van der Waals surface area contributed by atoms with Gasteiger partial charge in [-0.15, -0.1) is 24.7 Å². The van der Waals surface area contributed by atoms with Gasteiger partial charge in [-0.1, -0.05) is 62.4 Å². The number of nitrogens with one attached hydrogen (secondary N) is 2. The molecule has 6 atom stereocenters. The van der Waals surface area contributed by atoms with E-state index in [0.29, 0.717) is 25.8 Å². The molecule has 3 amide bonds. The summed E-state index contributed by atoms with van der Waals surface area (Å²) in [6.07, 6.45) is 15.9. The number of hydrogen-bond donors (Lipinski definition) is 4. The first-order valence-corrected chi connectivity index (χ1v) is 17.4. The molecule has 1 aromatic rings. The van der Waals surface area contributed by atoms with Crippen LogP contribution in [0.2, 0.25) is 0 Å². The summed E-state index contributed by atoms with van der Waals surface area (Å²) in [5.41, 5.74) is 0.848. The van der Waals surface area contributed by atoms with Gasteiger partial charge in [-0.2, -0.15) is 0 Å². The Morgan fingerprint density at radius 3 is 2.20 bits per heavy atom. The maximum Gasteiger partial charge on any atom is 0.244 e. The summed E-state index contributed by atoms with van der Waals surface area (Å²) < 4.78 is 32.2. The van der Waals surface area contributed by atoms with Crippen molar-refractivity contribution >= 4 is 17.7 Å². The molecule has 5 unspecified atom stereocenters. The number of carbonyl (C=O) groups is 3. The fourth-order valence-electron chi connectivity index (χ4n) is 6.00. The Morgan fingerprint density at radius 1 is 0.980 bits per heavy atom. The van der Waals surface area contributed by atoms with E-state index in [4.69, 9.17) is 12.8 Å². The number of terminal acetylenes is 2. The summed E-state index contributed by atoms with van der Waals surface area (Å²) in [5.74, 6) is 2.51. The summed E-state index contributed by atoms with van der Waals surface area (Å²) in [5, 5.41) is 27.7. The van der Waals surface area contributed by atoms with Crippen LogP contribution in [0.1, 0.15) is 76.7 Å². The van der Waals surface area contributed by atoms with Crippen LogP contribution >= 0.6 is 0 Å². The Labute approximate surface area is 296 Å². The third-order valence-corrected chi connectivity index (χ3v) is 9.17. The van der Waals surface area contributed by atoms with Crippen molar-refractivity contribution < 1.29 is 37.8 Å². The monoisotopic (exact) mass is 706 g/mol. The van der Waals surface area contributed by atoms with E-state index in [1.54, 1.807) is 21.0 Å². The largest absolute Gasteiger partial charge is 0.390 e. The second-order valence-electron chi connectivity index (χ2n) is 13.2. The maximum atomic E-state index is 13.9. The van der Waals surface area contributed by atoms with Gasteiger partial charge in [0, 0.05) is 38.9 Å². The fraction of sp³-hybridized carbons (Fsp3) is 0.658. The van der Waals surface area contributed by atoms with Crippen LogP contribution in [0.15, 0.2) is 30.3 Å². The van der Waals surface area contributed by atoms with E-state index < -0.39 is 61.7 Å². The first-order chi connectivity index (χ1) is 23.9. The van der Waals surface area contributed by atoms with Gasteiger partial charge in [0.15, 0.2) is 0 Å². The van der Waals surface area contributed by atoms with E-state index in [-0.39, 0.29) is 37.6 Å². The van der Waals surface area contributed by atoms with Crippen LogP contribution in [-0.2, 0) is 20.8 Å². The lowest BCUT2D eigenvalue weighted by Gasteiger charge is -2.34. The van der Waals surface area contributed by atoms with E-state index in [2.05, 4.69) is 22.5 Å². The van der Waals surface area contributed by atoms with Crippen LogP contribution in [0, 0.1) is 42.4 Å². The second-order valence-corrected chi connectivity index (χ2v) is 13.2. The van der Waals surface area contributed by atoms with Crippen LogP contribution in [-0.4, -0.2) is 103 Å². The zero-order valence-corrected chi connectivity index (χ0v) is 29.8. The first-order valence-electron chi connectivity index (χ1n) is 17.4. The molecular formula is C38H57F3N4O5. The van der Waals surface area contributed by atoms with Crippen molar-refractivity contribution in [2.45, 2.75) is 102 Å². The number of alkyl halides is 3. The Balaban J connectivity index is 0.00000401. The van der Waals surface area contributed by atoms with Crippen LogP contribution in [0.3, 0.4) is 0 Å². The molecule has 0 heterocycles. The molecule has 0 aromatic heterocycles. The number of carbonyl (C=O) groups excluding carboxylic acids is 3. The molecule has 1 aliphatic rings. The van der Waals surface area contributed by atoms with Crippen LogP contribution in [0.25, 0.3) is 0 Å². The van der Waals surface area contributed by atoms with E-state index in [9.17, 15) is 37.8 Å². The number of rotatable bonds is 20. The molecule has 0 radical (unpaired) electrons. The number of hydrogen-bond acceptors (Lipinski definition) is 6. The van der Waals surface area contributed by atoms with Gasteiger partial charge in [0.25, 0.3) is 0 Å². The molecule has 280 valence electrons. The second kappa shape index (κ2) is 25.4. The number of amides is 3. The topological polar surface area (TPSA) is 122 Å². The smallest absolute Gasteiger partial charge is 0.244 e. The van der Waals surface area contributed by atoms with Crippen molar-refractivity contribution in [1.82, 2.24) is 20.4 Å². The lowest BCUT2D eigenvalue weighted by Crippen LogP contribution is -2.57. The highest BCUT2D eigenvalue weighted by atomic mass is 19.3. The minimum absolute atomic E-state index is 0.123. The van der Waals surface area contributed by atoms with E-state index in [1.165, 1.54) is 9.80 Å². The zero-order valence-electron chi connectivity index (χ0n) is 29.8. The standard InChI is InChI=1S/C37H55FN4O5.CH2F2/c1-6-8-11-20-32(43)35(45)31(24-29-18-14-10-15-19-29)39-37(47)34(27(3)7-2)40-36(46)30(23-28-16-12-9-13-17-28)25-33(44)42(5)22-21-41(4)26-38;2-1-3/h1-2,9,12-13,16-17,27,29-32,34-35,43,45H,8,10-11,14-15,18-26H2,3-5H3,(H,39,47)(H,40,46);1H2/t27?,30?,31?,32?,34-,35?;/m0./s1. The number of unbranched alkanes of at least 4 members (excludes halogenated alkanes) is 1. The summed E-state index contributed by atoms with van der Waals surface area (Å²) >= 11 is 0. The molecular weight excluding hydrogens is 649 g/mol. The van der Waals surface area contributed by atoms with E-state index >= 15 is 0 Å². The molecule has 1 saturated carbocycles. The molecule has 12 heteroatoms. The summed E-state index contributed by atoms with van der Waals surface area (Å²) in [7, 11) is 3.22. The minimum atomic E-state index is -1.75. The number of halogens is 3. The minimum Gasteiger partial charge on any atom is -0.390 e. The lowest BCUT2D eigenvalue weighted by molar-refractivity contribution is -0.137. The first kappa shape index (κ1) is 44.4. The maximum absolute atomic E-state index is 13.9. The van der Waals surface area contributed by atoms with Crippen molar-refractivity contribution in [3.05, 3.63) is 35.9 Å². The Bertz CT molecular complexity index is 1210.